The van der Waals surface area contributed by atoms with Crippen LogP contribution in [-0.2, 0) is 13.2 Å². The largest absolute Gasteiger partial charge is 0.489 e. The molecule has 7 nitrogen and oxygen atoms in total. The Hall–Kier alpha value is -3.09. The molecule has 0 aliphatic rings. The molecular formula is C19H22N4O3. The Kier molecular flexibility index (Phi) is 5.06. The quantitative estimate of drug-likeness (QED) is 0.731. The zero-order chi connectivity index (χ0) is 18.7. The summed E-state index contributed by atoms with van der Waals surface area (Å²) >= 11 is 0. The van der Waals surface area contributed by atoms with Crippen LogP contribution >= 0.6 is 0 Å². The molecule has 0 bridgehead atoms. The van der Waals surface area contributed by atoms with Crippen molar-refractivity contribution in [1.29, 1.82) is 0 Å². The fourth-order valence-electron chi connectivity index (χ4n) is 2.65. The lowest BCUT2D eigenvalue weighted by Crippen LogP contribution is -2.12. The second-order valence-corrected chi connectivity index (χ2v) is 6.06. The fourth-order valence-corrected chi connectivity index (χ4v) is 2.65. The van der Waals surface area contributed by atoms with Crippen LogP contribution in [0.2, 0.25) is 0 Å². The Bertz CT molecular complexity index is 890. The molecule has 0 aliphatic heterocycles. The normalized spacial score (nSPS) is 10.8. The van der Waals surface area contributed by atoms with Gasteiger partial charge in [-0.3, -0.25) is 9.48 Å². The van der Waals surface area contributed by atoms with E-state index in [0.717, 1.165) is 29.3 Å². The molecule has 26 heavy (non-hydrogen) atoms. The van der Waals surface area contributed by atoms with Crippen molar-refractivity contribution in [2.45, 2.75) is 40.8 Å². The molecule has 0 radical (unpaired) electrons. The summed E-state index contributed by atoms with van der Waals surface area (Å²) < 4.78 is 12.7. The van der Waals surface area contributed by atoms with Gasteiger partial charge in [-0.25, -0.2) is 0 Å². The van der Waals surface area contributed by atoms with E-state index in [1.54, 1.807) is 24.3 Å². The molecular weight excluding hydrogens is 332 g/mol. The zero-order valence-electron chi connectivity index (χ0n) is 15.4. The van der Waals surface area contributed by atoms with E-state index in [4.69, 9.17) is 9.26 Å². The Morgan fingerprint density at radius 1 is 1.23 bits per heavy atom. The Morgan fingerprint density at radius 2 is 1.96 bits per heavy atom. The first kappa shape index (κ1) is 17.7. The first-order chi connectivity index (χ1) is 12.5. The number of anilines is 1. The second kappa shape index (κ2) is 7.43. The highest BCUT2D eigenvalue weighted by molar-refractivity contribution is 6.03. The van der Waals surface area contributed by atoms with E-state index < -0.39 is 0 Å². The van der Waals surface area contributed by atoms with E-state index >= 15 is 0 Å². The number of hydrogen-bond donors (Lipinski definition) is 1. The van der Waals surface area contributed by atoms with Crippen molar-refractivity contribution < 1.29 is 14.1 Å². The smallest absolute Gasteiger partial charge is 0.256 e. The van der Waals surface area contributed by atoms with Crippen molar-refractivity contribution in [3.05, 3.63) is 58.6 Å². The van der Waals surface area contributed by atoms with Gasteiger partial charge in [0.15, 0.2) is 5.82 Å². The van der Waals surface area contributed by atoms with Crippen LogP contribution in [0.1, 0.15) is 40.0 Å². The molecule has 0 atom stereocenters. The molecule has 136 valence electrons. The molecule has 0 saturated carbocycles. The second-order valence-electron chi connectivity index (χ2n) is 6.06. The van der Waals surface area contributed by atoms with Crippen molar-refractivity contribution in [2.24, 2.45) is 0 Å². The number of hydrogen-bond acceptors (Lipinski definition) is 5. The lowest BCUT2D eigenvalue weighted by Gasteiger charge is -2.07. The van der Waals surface area contributed by atoms with E-state index in [1.807, 2.05) is 38.4 Å². The Balaban J connectivity index is 1.62. The molecule has 1 amide bonds. The highest BCUT2D eigenvalue weighted by Gasteiger charge is 2.11. The van der Waals surface area contributed by atoms with Crippen molar-refractivity contribution in [2.75, 3.05) is 5.32 Å². The van der Waals surface area contributed by atoms with Gasteiger partial charge in [-0.05, 0) is 52.0 Å². The standard InChI is InChI=1S/C19H22N4O3/c1-5-23-12(2)10-18(21-23)20-19(24)15-6-8-16(9-7-15)25-11-17-13(3)22-26-14(17)4/h6-10H,5,11H2,1-4H3,(H,20,21,24). The zero-order valence-corrected chi connectivity index (χ0v) is 15.4. The average Bonchev–Trinajstić information content (AvgIpc) is 3.15. The number of carbonyl (C=O) groups is 1. The first-order valence-corrected chi connectivity index (χ1v) is 8.48. The molecule has 2 aromatic heterocycles. The van der Waals surface area contributed by atoms with Crippen LogP contribution in [0.4, 0.5) is 5.82 Å². The maximum atomic E-state index is 12.3. The minimum absolute atomic E-state index is 0.206. The Labute approximate surface area is 151 Å². The Morgan fingerprint density at radius 3 is 2.54 bits per heavy atom. The minimum Gasteiger partial charge on any atom is -0.489 e. The number of amides is 1. The highest BCUT2D eigenvalue weighted by Crippen LogP contribution is 2.18. The molecule has 0 unspecified atom stereocenters. The van der Waals surface area contributed by atoms with Gasteiger partial charge >= 0.3 is 0 Å². The third-order valence-electron chi connectivity index (χ3n) is 4.20. The number of rotatable bonds is 6. The summed E-state index contributed by atoms with van der Waals surface area (Å²) in [5, 5.41) is 11.0. The molecule has 0 aliphatic carbocycles. The summed E-state index contributed by atoms with van der Waals surface area (Å²) in [4.78, 5) is 12.3. The van der Waals surface area contributed by atoms with Crippen LogP contribution in [0.15, 0.2) is 34.9 Å². The predicted molar refractivity (Wildman–Crippen MR) is 97.3 cm³/mol. The van der Waals surface area contributed by atoms with E-state index in [0.29, 0.717) is 23.7 Å². The maximum absolute atomic E-state index is 12.3. The number of carbonyl (C=O) groups excluding carboxylic acids is 1. The molecule has 2 heterocycles. The minimum atomic E-state index is -0.206. The number of aryl methyl sites for hydroxylation is 4. The van der Waals surface area contributed by atoms with Gasteiger partial charge in [-0.1, -0.05) is 5.16 Å². The summed E-state index contributed by atoms with van der Waals surface area (Å²) in [5.74, 6) is 1.77. The monoisotopic (exact) mass is 354 g/mol. The molecule has 3 rings (SSSR count). The van der Waals surface area contributed by atoms with E-state index in [-0.39, 0.29) is 5.91 Å². The van der Waals surface area contributed by atoms with Crippen molar-refractivity contribution >= 4 is 11.7 Å². The summed E-state index contributed by atoms with van der Waals surface area (Å²) in [5.41, 5.74) is 3.30. The molecule has 7 heteroatoms. The predicted octanol–water partition coefficient (Wildman–Crippen LogP) is 3.65. The maximum Gasteiger partial charge on any atom is 0.256 e. The van der Waals surface area contributed by atoms with Crippen LogP contribution < -0.4 is 10.1 Å². The van der Waals surface area contributed by atoms with Crippen molar-refractivity contribution in [1.82, 2.24) is 14.9 Å². The molecule has 0 saturated heterocycles. The molecule has 1 aromatic carbocycles. The van der Waals surface area contributed by atoms with E-state index in [9.17, 15) is 4.79 Å². The van der Waals surface area contributed by atoms with Crippen LogP contribution in [0, 0.1) is 20.8 Å². The van der Waals surface area contributed by atoms with E-state index in [1.165, 1.54) is 0 Å². The summed E-state index contributed by atoms with van der Waals surface area (Å²) in [6, 6.07) is 8.83. The topological polar surface area (TPSA) is 82.2 Å². The van der Waals surface area contributed by atoms with Crippen LogP contribution in [0.5, 0.6) is 5.75 Å². The molecule has 3 aromatic rings. The van der Waals surface area contributed by atoms with E-state index in [2.05, 4.69) is 15.6 Å². The van der Waals surface area contributed by atoms with Gasteiger partial charge < -0.3 is 14.6 Å². The van der Waals surface area contributed by atoms with Gasteiger partial charge in [0.05, 0.1) is 11.3 Å². The van der Waals surface area contributed by atoms with Crippen LogP contribution in [-0.4, -0.2) is 20.8 Å². The SMILES string of the molecule is CCn1nc(NC(=O)c2ccc(OCc3c(C)noc3C)cc2)cc1C. The fraction of sp³-hybridized carbons (Fsp3) is 0.316. The lowest BCUT2D eigenvalue weighted by atomic mass is 10.2. The van der Waals surface area contributed by atoms with Gasteiger partial charge in [0.2, 0.25) is 0 Å². The summed E-state index contributed by atoms with van der Waals surface area (Å²) in [6.45, 7) is 8.83. The van der Waals surface area contributed by atoms with Gasteiger partial charge in [-0.15, -0.1) is 0 Å². The third-order valence-corrected chi connectivity index (χ3v) is 4.20. The number of nitrogens with one attached hydrogen (secondary N) is 1. The lowest BCUT2D eigenvalue weighted by molar-refractivity contribution is 0.102. The number of benzene rings is 1. The van der Waals surface area contributed by atoms with Crippen LogP contribution in [0.25, 0.3) is 0 Å². The molecule has 1 N–H and O–H groups in total. The summed E-state index contributed by atoms with van der Waals surface area (Å²) in [7, 11) is 0. The molecule has 0 spiro atoms. The third kappa shape index (κ3) is 3.77. The van der Waals surface area contributed by atoms with Crippen LogP contribution in [0.3, 0.4) is 0 Å². The number of ether oxygens (including phenoxy) is 1. The van der Waals surface area contributed by atoms with Gasteiger partial charge in [-0.2, -0.15) is 5.10 Å². The van der Waals surface area contributed by atoms with Gasteiger partial charge in [0.25, 0.3) is 5.91 Å². The van der Waals surface area contributed by atoms with Gasteiger partial charge in [0, 0.05) is 23.9 Å². The first-order valence-electron chi connectivity index (χ1n) is 8.48. The van der Waals surface area contributed by atoms with Crippen molar-refractivity contribution in [3.63, 3.8) is 0 Å². The molecule has 0 fully saturated rings. The number of aromatic nitrogens is 3. The average molecular weight is 354 g/mol. The van der Waals surface area contributed by atoms with Crippen molar-refractivity contribution in [3.8, 4) is 5.75 Å². The summed E-state index contributed by atoms with van der Waals surface area (Å²) in [6.07, 6.45) is 0. The van der Waals surface area contributed by atoms with Gasteiger partial charge in [0.1, 0.15) is 18.1 Å². The highest BCUT2D eigenvalue weighted by atomic mass is 16.5. The number of nitrogens with zero attached hydrogens (tertiary/aromatic N) is 3.